The summed E-state index contributed by atoms with van der Waals surface area (Å²) in [5, 5.41) is 9.42. The predicted octanol–water partition coefficient (Wildman–Crippen LogP) is 3.39. The van der Waals surface area contributed by atoms with Gasteiger partial charge in [-0.15, -0.1) is 0 Å². The molecule has 0 radical (unpaired) electrons. The predicted molar refractivity (Wildman–Crippen MR) is 112 cm³/mol. The lowest BCUT2D eigenvalue weighted by molar-refractivity contribution is -0.110. The molecule has 6 nitrogen and oxygen atoms in total. The van der Waals surface area contributed by atoms with Crippen LogP contribution in [0.4, 0.5) is 17.1 Å². The minimum atomic E-state index is -0.152. The zero-order valence-corrected chi connectivity index (χ0v) is 15.8. The van der Waals surface area contributed by atoms with E-state index in [4.69, 9.17) is 5.73 Å². The van der Waals surface area contributed by atoms with E-state index in [2.05, 4.69) is 16.0 Å². The summed E-state index contributed by atoms with van der Waals surface area (Å²) in [6.45, 7) is 2.76. The van der Waals surface area contributed by atoms with Gasteiger partial charge in [-0.3, -0.25) is 9.59 Å². The molecule has 1 fully saturated rings. The normalized spacial score (nSPS) is 20.3. The monoisotopic (exact) mass is 376 g/mol. The molecule has 0 saturated carbocycles. The molecular formula is C22H24N4O2. The van der Waals surface area contributed by atoms with Crippen molar-refractivity contribution in [3.63, 3.8) is 0 Å². The van der Waals surface area contributed by atoms with Gasteiger partial charge in [0.1, 0.15) is 0 Å². The Balaban J connectivity index is 1.53. The van der Waals surface area contributed by atoms with Crippen molar-refractivity contribution in [2.75, 3.05) is 22.9 Å². The SMILES string of the molecule is CC(Nc1ccc(C(=O)C2CCCCN2)cc1)=C1C(=O)Nc2ccc(N)cc21. The highest BCUT2D eigenvalue weighted by atomic mass is 16.2. The Morgan fingerprint density at radius 2 is 1.93 bits per heavy atom. The van der Waals surface area contributed by atoms with Crippen molar-refractivity contribution in [1.29, 1.82) is 0 Å². The van der Waals surface area contributed by atoms with Crippen LogP contribution in [0.5, 0.6) is 0 Å². The maximum atomic E-state index is 12.6. The lowest BCUT2D eigenvalue weighted by Gasteiger charge is -2.22. The molecule has 1 saturated heterocycles. The molecule has 0 spiro atoms. The van der Waals surface area contributed by atoms with Crippen molar-refractivity contribution < 1.29 is 9.59 Å². The summed E-state index contributed by atoms with van der Waals surface area (Å²) in [7, 11) is 0. The van der Waals surface area contributed by atoms with E-state index >= 15 is 0 Å². The van der Waals surface area contributed by atoms with Gasteiger partial charge in [0, 0.05) is 33.9 Å². The van der Waals surface area contributed by atoms with Crippen LogP contribution >= 0.6 is 0 Å². The largest absolute Gasteiger partial charge is 0.399 e. The van der Waals surface area contributed by atoms with Gasteiger partial charge in [-0.25, -0.2) is 0 Å². The fourth-order valence-corrected chi connectivity index (χ4v) is 3.83. The van der Waals surface area contributed by atoms with Crippen LogP contribution in [0.3, 0.4) is 0 Å². The van der Waals surface area contributed by atoms with E-state index in [1.54, 1.807) is 12.1 Å². The second kappa shape index (κ2) is 7.48. The van der Waals surface area contributed by atoms with Crippen LogP contribution in [0.15, 0.2) is 48.2 Å². The Bertz CT molecular complexity index is 957. The van der Waals surface area contributed by atoms with E-state index < -0.39 is 0 Å². The number of nitrogens with one attached hydrogen (secondary N) is 3. The Hall–Kier alpha value is -3.12. The first-order valence-corrected chi connectivity index (χ1v) is 9.60. The number of Topliss-reactive ketones (excluding diaryl/α,β-unsaturated/α-hetero) is 1. The highest BCUT2D eigenvalue weighted by Crippen LogP contribution is 2.35. The highest BCUT2D eigenvalue weighted by Gasteiger charge is 2.26. The van der Waals surface area contributed by atoms with Crippen molar-refractivity contribution in [1.82, 2.24) is 5.32 Å². The number of carbonyl (C=O) groups is 2. The zero-order valence-electron chi connectivity index (χ0n) is 15.8. The van der Waals surface area contributed by atoms with Gasteiger partial charge < -0.3 is 21.7 Å². The molecule has 0 bridgehead atoms. The van der Waals surface area contributed by atoms with E-state index in [1.165, 1.54) is 0 Å². The Kier molecular flexibility index (Phi) is 4.88. The van der Waals surface area contributed by atoms with E-state index in [-0.39, 0.29) is 17.7 Å². The highest BCUT2D eigenvalue weighted by molar-refractivity contribution is 6.32. The van der Waals surface area contributed by atoms with Gasteiger partial charge in [0.05, 0.1) is 11.6 Å². The summed E-state index contributed by atoms with van der Waals surface area (Å²) < 4.78 is 0. The molecule has 2 aromatic rings. The molecule has 5 N–H and O–H groups in total. The number of piperidine rings is 1. The summed E-state index contributed by atoms with van der Waals surface area (Å²) in [5.74, 6) is -0.0123. The number of ketones is 1. The van der Waals surface area contributed by atoms with E-state index in [1.807, 2.05) is 37.3 Å². The standard InChI is InChI=1S/C22H24N4O2/c1-13(20-17-12-15(23)7-10-18(17)26-22(20)28)25-16-8-5-14(6-9-16)21(27)19-4-2-3-11-24-19/h5-10,12,19,24-25H,2-4,11,23H2,1H3,(H,26,28). The number of amides is 1. The summed E-state index contributed by atoms with van der Waals surface area (Å²) >= 11 is 0. The molecule has 1 atom stereocenters. The van der Waals surface area contributed by atoms with Crippen molar-refractivity contribution in [3.05, 3.63) is 59.3 Å². The molecule has 6 heteroatoms. The number of carbonyl (C=O) groups excluding carboxylic acids is 2. The molecular weight excluding hydrogens is 352 g/mol. The third-order valence-electron chi connectivity index (χ3n) is 5.29. The molecule has 2 heterocycles. The summed E-state index contributed by atoms with van der Waals surface area (Å²) in [4.78, 5) is 25.0. The van der Waals surface area contributed by atoms with Gasteiger partial charge in [0.25, 0.3) is 5.91 Å². The molecule has 4 rings (SSSR count). The van der Waals surface area contributed by atoms with Crippen LogP contribution in [-0.4, -0.2) is 24.3 Å². The van der Waals surface area contributed by atoms with Gasteiger partial charge in [-0.05, 0) is 68.8 Å². The van der Waals surface area contributed by atoms with Crippen LogP contribution < -0.4 is 21.7 Å². The summed E-state index contributed by atoms with van der Waals surface area (Å²) in [6, 6.07) is 12.7. The third-order valence-corrected chi connectivity index (χ3v) is 5.29. The second-order valence-electron chi connectivity index (χ2n) is 7.33. The number of nitrogens with two attached hydrogens (primary N) is 1. The third kappa shape index (κ3) is 3.51. The summed E-state index contributed by atoms with van der Waals surface area (Å²) in [6.07, 6.45) is 3.11. The van der Waals surface area contributed by atoms with Crippen LogP contribution in [0.25, 0.3) is 5.57 Å². The fourth-order valence-electron chi connectivity index (χ4n) is 3.83. The molecule has 144 valence electrons. The average molecular weight is 376 g/mol. The molecule has 0 aliphatic carbocycles. The van der Waals surface area contributed by atoms with Gasteiger partial charge in [-0.2, -0.15) is 0 Å². The van der Waals surface area contributed by atoms with Gasteiger partial charge in [-0.1, -0.05) is 6.42 Å². The zero-order chi connectivity index (χ0) is 19.7. The number of hydrogen-bond acceptors (Lipinski definition) is 5. The maximum absolute atomic E-state index is 12.6. The van der Waals surface area contributed by atoms with E-state index in [9.17, 15) is 9.59 Å². The average Bonchev–Trinajstić information content (AvgIpc) is 3.03. The van der Waals surface area contributed by atoms with Gasteiger partial charge >= 0.3 is 0 Å². The van der Waals surface area contributed by atoms with Gasteiger partial charge in [0.2, 0.25) is 0 Å². The summed E-state index contributed by atoms with van der Waals surface area (Å²) in [5.41, 5.74) is 10.9. The first-order valence-electron chi connectivity index (χ1n) is 9.60. The van der Waals surface area contributed by atoms with Crippen molar-refractivity contribution >= 4 is 34.3 Å². The molecule has 1 unspecified atom stereocenters. The molecule has 1 amide bonds. The Morgan fingerprint density at radius 1 is 1.14 bits per heavy atom. The van der Waals surface area contributed by atoms with Gasteiger partial charge in [0.15, 0.2) is 5.78 Å². The number of hydrogen-bond donors (Lipinski definition) is 4. The van der Waals surface area contributed by atoms with Crippen molar-refractivity contribution in [2.24, 2.45) is 0 Å². The topological polar surface area (TPSA) is 96.2 Å². The molecule has 2 aliphatic heterocycles. The first-order chi connectivity index (χ1) is 13.5. The van der Waals surface area contributed by atoms with Crippen LogP contribution in [0.1, 0.15) is 42.1 Å². The number of allylic oxidation sites excluding steroid dienone is 1. The molecule has 0 aromatic heterocycles. The number of fused-ring (bicyclic) bond motifs is 1. The molecule has 2 aliphatic rings. The minimum absolute atomic E-state index is 0.0828. The lowest BCUT2D eigenvalue weighted by Crippen LogP contribution is -2.40. The smallest absolute Gasteiger partial charge is 0.258 e. The number of rotatable bonds is 4. The van der Waals surface area contributed by atoms with Crippen molar-refractivity contribution in [3.8, 4) is 0 Å². The van der Waals surface area contributed by atoms with Crippen LogP contribution in [-0.2, 0) is 4.79 Å². The molecule has 28 heavy (non-hydrogen) atoms. The number of anilines is 3. The van der Waals surface area contributed by atoms with Crippen LogP contribution in [0, 0.1) is 0 Å². The fraction of sp³-hybridized carbons (Fsp3) is 0.273. The first kappa shape index (κ1) is 18.3. The van der Waals surface area contributed by atoms with E-state index in [0.717, 1.165) is 48.4 Å². The molecule has 2 aromatic carbocycles. The van der Waals surface area contributed by atoms with Crippen molar-refractivity contribution in [2.45, 2.75) is 32.2 Å². The number of benzene rings is 2. The van der Waals surface area contributed by atoms with E-state index in [0.29, 0.717) is 16.8 Å². The van der Waals surface area contributed by atoms with Crippen LogP contribution in [0.2, 0.25) is 0 Å². The quantitative estimate of drug-likeness (QED) is 0.373. The lowest BCUT2D eigenvalue weighted by atomic mass is 9.96. The maximum Gasteiger partial charge on any atom is 0.258 e. The number of nitrogen functional groups attached to an aromatic ring is 1. The second-order valence-corrected chi connectivity index (χ2v) is 7.33. The minimum Gasteiger partial charge on any atom is -0.399 e. The Labute approximate surface area is 164 Å². The Morgan fingerprint density at radius 3 is 2.64 bits per heavy atom.